The number of nitrogens with one attached hydrogen (secondary N) is 3. The molecule has 0 bridgehead atoms. The van der Waals surface area contributed by atoms with E-state index in [2.05, 4.69) is 20.5 Å². The van der Waals surface area contributed by atoms with E-state index in [1.807, 2.05) is 0 Å². The predicted octanol–water partition coefficient (Wildman–Crippen LogP) is 1.38. The number of hydrogen-bond donors (Lipinski definition) is 4. The second kappa shape index (κ2) is 7.21. The highest BCUT2D eigenvalue weighted by Gasteiger charge is 2.17. The third-order valence-corrected chi connectivity index (χ3v) is 4.38. The molecule has 0 fully saturated rings. The highest BCUT2D eigenvalue weighted by molar-refractivity contribution is 7.92. The van der Waals surface area contributed by atoms with Crippen molar-refractivity contribution < 1.29 is 27.6 Å². The Morgan fingerprint density at radius 2 is 1.88 bits per heavy atom. The summed E-state index contributed by atoms with van der Waals surface area (Å²) in [4.78, 5) is 22.2. The van der Waals surface area contributed by atoms with E-state index >= 15 is 0 Å². The molecule has 0 aliphatic carbocycles. The minimum atomic E-state index is -3.85. The summed E-state index contributed by atoms with van der Waals surface area (Å²) < 4.78 is 31.5. The van der Waals surface area contributed by atoms with E-state index in [1.54, 1.807) is 6.92 Å². The second-order valence-corrected chi connectivity index (χ2v) is 6.79. The molecule has 1 aromatic carbocycles. The zero-order valence-electron chi connectivity index (χ0n) is 13.3. The standard InChI is InChI=1S/C14H16N4O6S/c1-8-7-12(17-24-8)18-25(22,23)11-5-3-10(4-6-11)16-14(21)15-9(2)13(19)20/h3-7,9H,1-2H3,(H,17,18)(H,19,20)(H2,15,16,21)/t9-/m0/s1. The van der Waals surface area contributed by atoms with Gasteiger partial charge in [-0.15, -0.1) is 0 Å². The van der Waals surface area contributed by atoms with Gasteiger partial charge in [-0.25, -0.2) is 13.2 Å². The van der Waals surface area contributed by atoms with Crippen LogP contribution in [0.3, 0.4) is 0 Å². The number of carbonyl (C=O) groups excluding carboxylic acids is 1. The van der Waals surface area contributed by atoms with Gasteiger partial charge in [0.15, 0.2) is 5.82 Å². The Labute approximate surface area is 143 Å². The molecule has 1 atom stereocenters. The van der Waals surface area contributed by atoms with E-state index in [0.717, 1.165) is 0 Å². The van der Waals surface area contributed by atoms with Gasteiger partial charge in [0.25, 0.3) is 10.0 Å². The summed E-state index contributed by atoms with van der Waals surface area (Å²) in [7, 11) is -3.85. The van der Waals surface area contributed by atoms with Gasteiger partial charge in [-0.05, 0) is 38.1 Å². The lowest BCUT2D eigenvalue weighted by atomic mass is 10.3. The largest absolute Gasteiger partial charge is 0.480 e. The number of amides is 2. The summed E-state index contributed by atoms with van der Waals surface area (Å²) in [5, 5.41) is 16.9. The van der Waals surface area contributed by atoms with Crippen molar-refractivity contribution in [3.8, 4) is 0 Å². The number of aliphatic carboxylic acids is 1. The van der Waals surface area contributed by atoms with Crippen LogP contribution in [0.2, 0.25) is 0 Å². The topological polar surface area (TPSA) is 151 Å². The van der Waals surface area contributed by atoms with Crippen molar-refractivity contribution in [2.75, 3.05) is 10.0 Å². The third-order valence-electron chi connectivity index (χ3n) is 3.01. The Bertz CT molecular complexity index is 875. The van der Waals surface area contributed by atoms with E-state index < -0.39 is 28.1 Å². The quantitative estimate of drug-likeness (QED) is 0.601. The van der Waals surface area contributed by atoms with Crippen molar-refractivity contribution in [1.29, 1.82) is 0 Å². The Morgan fingerprint density at radius 3 is 2.40 bits per heavy atom. The number of rotatable bonds is 6. The summed E-state index contributed by atoms with van der Waals surface area (Å²) in [6.45, 7) is 2.94. The van der Waals surface area contributed by atoms with Gasteiger partial charge < -0.3 is 20.3 Å². The number of anilines is 2. The van der Waals surface area contributed by atoms with Gasteiger partial charge in [-0.1, -0.05) is 5.16 Å². The van der Waals surface area contributed by atoms with Crippen LogP contribution in [0.25, 0.3) is 0 Å². The molecular formula is C14H16N4O6S. The SMILES string of the molecule is Cc1cc(NS(=O)(=O)c2ccc(NC(=O)N[C@@H](C)C(=O)O)cc2)no1. The van der Waals surface area contributed by atoms with Crippen molar-refractivity contribution in [3.63, 3.8) is 0 Å². The van der Waals surface area contributed by atoms with Crippen LogP contribution < -0.4 is 15.4 Å². The van der Waals surface area contributed by atoms with E-state index in [-0.39, 0.29) is 10.7 Å². The normalized spacial score (nSPS) is 12.2. The highest BCUT2D eigenvalue weighted by Crippen LogP contribution is 2.18. The van der Waals surface area contributed by atoms with Gasteiger partial charge in [0.1, 0.15) is 11.8 Å². The molecule has 2 rings (SSSR count). The van der Waals surface area contributed by atoms with Crippen molar-refractivity contribution in [2.24, 2.45) is 0 Å². The molecule has 1 aromatic heterocycles. The molecular weight excluding hydrogens is 352 g/mol. The number of carbonyl (C=O) groups is 2. The molecule has 0 aliphatic rings. The maximum atomic E-state index is 12.2. The highest BCUT2D eigenvalue weighted by atomic mass is 32.2. The molecule has 25 heavy (non-hydrogen) atoms. The molecule has 0 radical (unpaired) electrons. The number of carboxylic acid groups (broad SMARTS) is 1. The zero-order valence-corrected chi connectivity index (χ0v) is 14.1. The molecule has 0 unspecified atom stereocenters. The first-order chi connectivity index (χ1) is 11.7. The fourth-order valence-corrected chi connectivity index (χ4v) is 2.74. The fourth-order valence-electron chi connectivity index (χ4n) is 1.75. The molecule has 0 saturated carbocycles. The maximum absolute atomic E-state index is 12.2. The first-order valence-corrected chi connectivity index (χ1v) is 8.52. The lowest BCUT2D eigenvalue weighted by molar-refractivity contribution is -0.138. The van der Waals surface area contributed by atoms with Gasteiger partial charge in [-0.3, -0.25) is 9.52 Å². The maximum Gasteiger partial charge on any atom is 0.325 e. The number of aromatic nitrogens is 1. The van der Waals surface area contributed by atoms with Gasteiger partial charge in [0.2, 0.25) is 0 Å². The van der Waals surface area contributed by atoms with E-state index in [0.29, 0.717) is 11.4 Å². The van der Waals surface area contributed by atoms with Crippen LogP contribution in [0.15, 0.2) is 39.8 Å². The molecule has 0 spiro atoms. The molecule has 2 amide bonds. The average Bonchev–Trinajstić information content (AvgIpc) is 2.91. The van der Waals surface area contributed by atoms with Crippen LogP contribution in [0, 0.1) is 6.92 Å². The fraction of sp³-hybridized carbons (Fsp3) is 0.214. The minimum absolute atomic E-state index is 0.0435. The summed E-state index contributed by atoms with van der Waals surface area (Å²) in [5.41, 5.74) is 0.298. The Kier molecular flexibility index (Phi) is 5.27. The second-order valence-electron chi connectivity index (χ2n) is 5.11. The van der Waals surface area contributed by atoms with Gasteiger partial charge in [0, 0.05) is 11.8 Å². The molecule has 2 aromatic rings. The summed E-state index contributed by atoms with van der Waals surface area (Å²) in [6.07, 6.45) is 0. The molecule has 0 aliphatic heterocycles. The minimum Gasteiger partial charge on any atom is -0.480 e. The van der Waals surface area contributed by atoms with Crippen LogP contribution in [0.1, 0.15) is 12.7 Å². The van der Waals surface area contributed by atoms with E-state index in [4.69, 9.17) is 9.63 Å². The average molecular weight is 368 g/mol. The van der Waals surface area contributed by atoms with Gasteiger partial charge >= 0.3 is 12.0 Å². The molecule has 11 heteroatoms. The Morgan fingerprint density at radius 1 is 1.24 bits per heavy atom. The van der Waals surface area contributed by atoms with Crippen LogP contribution in [-0.4, -0.2) is 36.7 Å². The van der Waals surface area contributed by atoms with Gasteiger partial charge in [-0.2, -0.15) is 0 Å². The number of aryl methyl sites for hydroxylation is 1. The lowest BCUT2D eigenvalue weighted by Crippen LogP contribution is -2.40. The van der Waals surface area contributed by atoms with Crippen LogP contribution in [0.5, 0.6) is 0 Å². The smallest absolute Gasteiger partial charge is 0.325 e. The number of hydrogen-bond acceptors (Lipinski definition) is 6. The Hall–Kier alpha value is -3.08. The molecule has 10 nitrogen and oxygen atoms in total. The molecule has 1 heterocycles. The zero-order chi connectivity index (χ0) is 18.6. The predicted molar refractivity (Wildman–Crippen MR) is 87.7 cm³/mol. The molecule has 134 valence electrons. The lowest BCUT2D eigenvalue weighted by Gasteiger charge is -2.11. The van der Waals surface area contributed by atoms with Crippen molar-refractivity contribution in [2.45, 2.75) is 24.8 Å². The first-order valence-electron chi connectivity index (χ1n) is 7.04. The van der Waals surface area contributed by atoms with Crippen molar-refractivity contribution in [1.82, 2.24) is 10.5 Å². The molecule has 0 saturated heterocycles. The monoisotopic (exact) mass is 368 g/mol. The number of nitrogens with zero attached hydrogens (tertiary/aromatic N) is 1. The third kappa shape index (κ3) is 4.94. The summed E-state index contributed by atoms with van der Waals surface area (Å²) >= 11 is 0. The van der Waals surface area contributed by atoms with Crippen molar-refractivity contribution >= 4 is 33.5 Å². The van der Waals surface area contributed by atoms with Crippen LogP contribution in [-0.2, 0) is 14.8 Å². The van der Waals surface area contributed by atoms with Crippen LogP contribution >= 0.6 is 0 Å². The van der Waals surface area contributed by atoms with E-state index in [9.17, 15) is 18.0 Å². The number of urea groups is 1. The summed E-state index contributed by atoms with van der Waals surface area (Å²) in [6, 6.07) is 4.95. The number of benzene rings is 1. The first kappa shape index (κ1) is 18.3. The van der Waals surface area contributed by atoms with Crippen LogP contribution in [0.4, 0.5) is 16.3 Å². The number of sulfonamides is 1. The molecule has 4 N–H and O–H groups in total. The van der Waals surface area contributed by atoms with E-state index in [1.165, 1.54) is 37.3 Å². The van der Waals surface area contributed by atoms with Gasteiger partial charge in [0.05, 0.1) is 4.90 Å². The number of carboxylic acids is 1. The summed E-state index contributed by atoms with van der Waals surface area (Å²) in [5.74, 6) is -0.661. The Balaban J connectivity index is 2.03. The van der Waals surface area contributed by atoms with Crippen molar-refractivity contribution in [3.05, 3.63) is 36.1 Å².